The minimum Gasteiger partial charge on any atom is -0.356 e. The topological polar surface area (TPSA) is 55.1 Å². The fourth-order valence-corrected chi connectivity index (χ4v) is 3.83. The molecule has 0 aliphatic heterocycles. The van der Waals surface area contributed by atoms with Crippen LogP contribution >= 0.6 is 0 Å². The quantitative estimate of drug-likeness (QED) is 0.822. The van der Waals surface area contributed by atoms with Gasteiger partial charge in [-0.1, -0.05) is 39.0 Å². The summed E-state index contributed by atoms with van der Waals surface area (Å²) in [5.41, 5.74) is 5.95. The van der Waals surface area contributed by atoms with Crippen LogP contribution in [0.15, 0.2) is 0 Å². The van der Waals surface area contributed by atoms with Gasteiger partial charge in [0.1, 0.15) is 0 Å². The zero-order chi connectivity index (χ0) is 13.7. The average Bonchev–Trinajstić information content (AvgIpc) is 2.39. The van der Waals surface area contributed by atoms with Crippen molar-refractivity contribution in [3.05, 3.63) is 0 Å². The predicted octanol–water partition coefficient (Wildman–Crippen LogP) is 2.84. The minimum absolute atomic E-state index is 0.200. The number of carbonyl (C=O) groups excluding carboxylic acids is 1. The molecule has 3 N–H and O–H groups in total. The molecule has 0 heterocycles. The zero-order valence-electron chi connectivity index (χ0n) is 12.4. The van der Waals surface area contributed by atoms with Crippen LogP contribution in [0.2, 0.25) is 0 Å². The van der Waals surface area contributed by atoms with E-state index in [2.05, 4.69) is 12.2 Å². The second kappa shape index (κ2) is 7.28. The summed E-state index contributed by atoms with van der Waals surface area (Å²) in [6.45, 7) is 3.04. The molecule has 0 aromatic rings. The Balaban J connectivity index is 1.66. The number of nitrogens with two attached hydrogens (primary N) is 1. The molecule has 0 saturated heterocycles. The van der Waals surface area contributed by atoms with Gasteiger partial charge in [-0.15, -0.1) is 0 Å². The van der Waals surface area contributed by atoms with E-state index in [0.717, 1.165) is 31.7 Å². The molecule has 2 fully saturated rings. The highest BCUT2D eigenvalue weighted by atomic mass is 16.1. The summed E-state index contributed by atoms with van der Waals surface area (Å²) in [5.74, 6) is 1.77. The van der Waals surface area contributed by atoms with E-state index in [4.69, 9.17) is 5.73 Å². The summed E-state index contributed by atoms with van der Waals surface area (Å²) in [6, 6.07) is 0.307. The van der Waals surface area contributed by atoms with Crippen molar-refractivity contribution in [3.8, 4) is 0 Å². The molecule has 0 spiro atoms. The maximum absolute atomic E-state index is 12.2. The van der Waals surface area contributed by atoms with Gasteiger partial charge >= 0.3 is 0 Å². The van der Waals surface area contributed by atoms with E-state index in [1.54, 1.807) is 0 Å². The lowest BCUT2D eigenvalue weighted by atomic mass is 9.77. The third-order valence-corrected chi connectivity index (χ3v) is 5.12. The summed E-state index contributed by atoms with van der Waals surface area (Å²) in [4.78, 5) is 12.2. The van der Waals surface area contributed by atoms with Gasteiger partial charge in [-0.3, -0.25) is 4.79 Å². The van der Waals surface area contributed by atoms with Crippen molar-refractivity contribution in [2.75, 3.05) is 6.54 Å². The Bertz CT molecular complexity index is 286. The molecule has 3 atom stereocenters. The smallest absolute Gasteiger partial charge is 0.223 e. The maximum atomic E-state index is 12.2. The molecule has 0 bridgehead atoms. The first kappa shape index (κ1) is 14.8. The standard InChI is InChI=1S/C16H30N2O/c1-12-11-14(17)7-8-15(12)16(19)18-10-9-13-5-3-2-4-6-13/h12-15H,2-11,17H2,1H3,(H,18,19). The van der Waals surface area contributed by atoms with Crippen molar-refractivity contribution in [1.29, 1.82) is 0 Å². The zero-order valence-corrected chi connectivity index (χ0v) is 12.4. The van der Waals surface area contributed by atoms with Crippen LogP contribution in [0.5, 0.6) is 0 Å². The number of amides is 1. The lowest BCUT2D eigenvalue weighted by Gasteiger charge is -2.31. The first-order valence-corrected chi connectivity index (χ1v) is 8.20. The van der Waals surface area contributed by atoms with Gasteiger partial charge in [0.2, 0.25) is 5.91 Å². The Morgan fingerprint density at radius 1 is 1.16 bits per heavy atom. The largest absolute Gasteiger partial charge is 0.356 e. The molecule has 0 aromatic carbocycles. The number of rotatable bonds is 4. The first-order valence-electron chi connectivity index (χ1n) is 8.20. The summed E-state index contributed by atoms with van der Waals surface area (Å²) >= 11 is 0. The van der Waals surface area contributed by atoms with Gasteiger partial charge < -0.3 is 11.1 Å². The molecule has 110 valence electrons. The number of carbonyl (C=O) groups is 1. The predicted molar refractivity (Wildman–Crippen MR) is 78.7 cm³/mol. The Morgan fingerprint density at radius 3 is 2.58 bits per heavy atom. The molecular weight excluding hydrogens is 236 g/mol. The molecule has 0 radical (unpaired) electrons. The van der Waals surface area contributed by atoms with Crippen molar-refractivity contribution in [3.63, 3.8) is 0 Å². The van der Waals surface area contributed by atoms with E-state index in [0.29, 0.717) is 12.0 Å². The highest BCUT2D eigenvalue weighted by Crippen LogP contribution is 2.29. The van der Waals surface area contributed by atoms with Gasteiger partial charge in [-0.2, -0.15) is 0 Å². The molecule has 3 nitrogen and oxygen atoms in total. The van der Waals surface area contributed by atoms with Crippen molar-refractivity contribution in [2.45, 2.75) is 70.8 Å². The number of hydrogen-bond donors (Lipinski definition) is 2. The van der Waals surface area contributed by atoms with Gasteiger partial charge in [0.15, 0.2) is 0 Å². The molecule has 2 rings (SSSR count). The molecular formula is C16H30N2O. The van der Waals surface area contributed by atoms with Crippen molar-refractivity contribution in [2.24, 2.45) is 23.5 Å². The van der Waals surface area contributed by atoms with Crippen molar-refractivity contribution in [1.82, 2.24) is 5.32 Å². The van der Waals surface area contributed by atoms with Gasteiger partial charge in [0.25, 0.3) is 0 Å². The fourth-order valence-electron chi connectivity index (χ4n) is 3.83. The SMILES string of the molecule is CC1CC(N)CCC1C(=O)NCCC1CCCCC1. The summed E-state index contributed by atoms with van der Waals surface area (Å²) < 4.78 is 0. The molecule has 2 aliphatic rings. The van der Waals surface area contributed by atoms with E-state index in [-0.39, 0.29) is 11.8 Å². The highest BCUT2D eigenvalue weighted by Gasteiger charge is 2.30. The van der Waals surface area contributed by atoms with Crippen molar-refractivity contribution >= 4 is 5.91 Å². The fraction of sp³-hybridized carbons (Fsp3) is 0.938. The highest BCUT2D eigenvalue weighted by molar-refractivity contribution is 5.79. The monoisotopic (exact) mass is 266 g/mol. The lowest BCUT2D eigenvalue weighted by Crippen LogP contribution is -2.41. The van der Waals surface area contributed by atoms with E-state index in [1.165, 1.54) is 38.5 Å². The normalized spacial score (nSPS) is 33.1. The van der Waals surface area contributed by atoms with E-state index < -0.39 is 0 Å². The van der Waals surface area contributed by atoms with E-state index >= 15 is 0 Å². The number of hydrogen-bond acceptors (Lipinski definition) is 2. The van der Waals surface area contributed by atoms with Gasteiger partial charge in [0.05, 0.1) is 0 Å². The van der Waals surface area contributed by atoms with Crippen LogP contribution in [-0.4, -0.2) is 18.5 Å². The van der Waals surface area contributed by atoms with Crippen LogP contribution in [0.25, 0.3) is 0 Å². The Labute approximate surface area is 117 Å². The Hall–Kier alpha value is -0.570. The second-order valence-electron chi connectivity index (χ2n) is 6.74. The van der Waals surface area contributed by atoms with Crippen LogP contribution in [0.3, 0.4) is 0 Å². The van der Waals surface area contributed by atoms with Crippen molar-refractivity contribution < 1.29 is 4.79 Å². The van der Waals surface area contributed by atoms with E-state index in [1.807, 2.05) is 0 Å². The lowest BCUT2D eigenvalue weighted by molar-refractivity contribution is -0.127. The molecule has 1 amide bonds. The summed E-state index contributed by atoms with van der Waals surface area (Å²) in [5, 5.41) is 3.17. The maximum Gasteiger partial charge on any atom is 0.223 e. The Kier molecular flexibility index (Phi) is 5.68. The molecule has 2 saturated carbocycles. The summed E-state index contributed by atoms with van der Waals surface area (Å²) in [7, 11) is 0. The second-order valence-corrected chi connectivity index (χ2v) is 6.74. The minimum atomic E-state index is 0.200. The van der Waals surface area contributed by atoms with Crippen LogP contribution in [0.1, 0.15) is 64.7 Å². The van der Waals surface area contributed by atoms with Crippen LogP contribution in [0, 0.1) is 17.8 Å². The van der Waals surface area contributed by atoms with Gasteiger partial charge in [0, 0.05) is 18.5 Å². The van der Waals surface area contributed by atoms with E-state index in [9.17, 15) is 4.79 Å². The first-order chi connectivity index (χ1) is 9.16. The average molecular weight is 266 g/mol. The van der Waals surface area contributed by atoms with Crippen LogP contribution in [-0.2, 0) is 4.79 Å². The molecule has 0 aromatic heterocycles. The van der Waals surface area contributed by atoms with Gasteiger partial charge in [-0.25, -0.2) is 0 Å². The molecule has 19 heavy (non-hydrogen) atoms. The third kappa shape index (κ3) is 4.48. The molecule has 2 aliphatic carbocycles. The molecule has 3 heteroatoms. The van der Waals surface area contributed by atoms with Gasteiger partial charge in [-0.05, 0) is 37.5 Å². The number of nitrogens with one attached hydrogen (secondary N) is 1. The molecule has 3 unspecified atom stereocenters. The van der Waals surface area contributed by atoms with Crippen LogP contribution in [0.4, 0.5) is 0 Å². The Morgan fingerprint density at radius 2 is 1.89 bits per heavy atom. The summed E-state index contributed by atoms with van der Waals surface area (Å²) in [6.07, 6.45) is 11.1. The van der Waals surface area contributed by atoms with Crippen LogP contribution < -0.4 is 11.1 Å². The third-order valence-electron chi connectivity index (χ3n) is 5.12.